The first kappa shape index (κ1) is 19.9. The van der Waals surface area contributed by atoms with Gasteiger partial charge < -0.3 is 20.0 Å². The summed E-state index contributed by atoms with van der Waals surface area (Å²) < 4.78 is 5.70. The van der Waals surface area contributed by atoms with E-state index in [9.17, 15) is 14.4 Å². The molecule has 3 aromatic rings. The van der Waals surface area contributed by atoms with E-state index < -0.39 is 11.8 Å². The Morgan fingerprint density at radius 1 is 1.17 bits per heavy atom. The van der Waals surface area contributed by atoms with Crippen LogP contribution in [0, 0.1) is 6.92 Å². The number of anilines is 2. The molecule has 3 heterocycles. The molecule has 2 aromatic heterocycles. The highest BCUT2D eigenvalue weighted by Gasteiger charge is 2.23. The van der Waals surface area contributed by atoms with Gasteiger partial charge in [-0.2, -0.15) is 0 Å². The van der Waals surface area contributed by atoms with E-state index in [4.69, 9.17) is 4.42 Å². The van der Waals surface area contributed by atoms with E-state index in [1.165, 1.54) is 0 Å². The van der Waals surface area contributed by atoms with Crippen molar-refractivity contribution in [3.05, 3.63) is 59.2 Å². The third-order valence-corrected chi connectivity index (χ3v) is 5.77. The Kier molecular flexibility index (Phi) is 5.67. The van der Waals surface area contributed by atoms with Gasteiger partial charge in [-0.1, -0.05) is 12.1 Å². The van der Waals surface area contributed by atoms with Gasteiger partial charge in [0, 0.05) is 24.3 Å². The van der Waals surface area contributed by atoms with E-state index in [0.717, 1.165) is 28.3 Å². The van der Waals surface area contributed by atoms with Gasteiger partial charge in [0.25, 0.3) is 0 Å². The van der Waals surface area contributed by atoms with Gasteiger partial charge in [-0.25, -0.2) is 0 Å². The summed E-state index contributed by atoms with van der Waals surface area (Å²) in [4.78, 5) is 39.2. The van der Waals surface area contributed by atoms with Gasteiger partial charge in [-0.15, -0.1) is 11.3 Å². The molecule has 4 rings (SSSR count). The fourth-order valence-electron chi connectivity index (χ4n) is 3.34. The summed E-state index contributed by atoms with van der Waals surface area (Å²) in [6, 6.07) is 12.8. The molecule has 0 atom stereocenters. The Labute approximate surface area is 177 Å². The van der Waals surface area contributed by atoms with Gasteiger partial charge in [0.1, 0.15) is 11.5 Å². The van der Waals surface area contributed by atoms with Crippen LogP contribution in [0.5, 0.6) is 0 Å². The quantitative estimate of drug-likeness (QED) is 0.612. The Morgan fingerprint density at radius 3 is 2.77 bits per heavy atom. The number of carbonyl (C=O) groups excluding carboxylic acids is 3. The van der Waals surface area contributed by atoms with E-state index >= 15 is 0 Å². The lowest BCUT2D eigenvalue weighted by atomic mass is 10.1. The molecular weight excluding hydrogens is 402 g/mol. The fraction of sp³-hybridized carbons (Fsp3) is 0.227. The van der Waals surface area contributed by atoms with E-state index in [-0.39, 0.29) is 12.5 Å². The average molecular weight is 423 g/mol. The van der Waals surface area contributed by atoms with Crippen molar-refractivity contribution in [1.82, 2.24) is 5.32 Å². The highest BCUT2D eigenvalue weighted by molar-refractivity contribution is 7.13. The van der Waals surface area contributed by atoms with E-state index in [1.807, 2.05) is 36.6 Å². The minimum absolute atomic E-state index is 0.0692. The lowest BCUT2D eigenvalue weighted by molar-refractivity contribution is -0.136. The van der Waals surface area contributed by atoms with Crippen LogP contribution in [0.4, 0.5) is 11.4 Å². The Morgan fingerprint density at radius 2 is 2.03 bits per heavy atom. The zero-order valence-corrected chi connectivity index (χ0v) is 17.3. The summed E-state index contributed by atoms with van der Waals surface area (Å²) in [5, 5.41) is 7.11. The van der Waals surface area contributed by atoms with Crippen LogP contribution in [-0.4, -0.2) is 24.3 Å². The molecule has 1 fully saturated rings. The number of nitrogens with zero attached hydrogens (tertiary/aromatic N) is 1. The van der Waals surface area contributed by atoms with Crippen LogP contribution in [0.15, 0.2) is 52.3 Å². The van der Waals surface area contributed by atoms with Gasteiger partial charge in [-0.3, -0.25) is 14.4 Å². The van der Waals surface area contributed by atoms with Crippen LogP contribution in [0.1, 0.15) is 24.2 Å². The SMILES string of the molecule is Cc1ccc(NC(=O)C(=O)NCc2ccc(-c3cccs3)o2)cc1N1CCCC1=O. The van der Waals surface area contributed by atoms with Crippen LogP contribution in [-0.2, 0) is 20.9 Å². The highest BCUT2D eigenvalue weighted by Crippen LogP contribution is 2.28. The van der Waals surface area contributed by atoms with Gasteiger partial charge in [0.05, 0.1) is 11.4 Å². The molecule has 8 heteroatoms. The second kappa shape index (κ2) is 8.54. The molecule has 7 nitrogen and oxygen atoms in total. The minimum Gasteiger partial charge on any atom is -0.458 e. The predicted molar refractivity (Wildman–Crippen MR) is 115 cm³/mol. The third kappa shape index (κ3) is 4.28. The molecule has 1 saturated heterocycles. The van der Waals surface area contributed by atoms with Crippen LogP contribution >= 0.6 is 11.3 Å². The van der Waals surface area contributed by atoms with Crippen molar-refractivity contribution in [3.63, 3.8) is 0 Å². The largest absolute Gasteiger partial charge is 0.458 e. The van der Waals surface area contributed by atoms with Crippen LogP contribution in [0.2, 0.25) is 0 Å². The van der Waals surface area contributed by atoms with Crippen molar-refractivity contribution in [2.24, 2.45) is 0 Å². The standard InChI is InChI=1S/C22H21N3O4S/c1-14-6-7-15(12-17(14)25-10-2-5-20(25)26)24-22(28)21(27)23-13-16-8-9-18(29-16)19-4-3-11-30-19/h3-4,6-9,11-12H,2,5,10,13H2,1H3,(H,23,27)(H,24,28). The third-order valence-electron chi connectivity index (χ3n) is 4.89. The molecule has 1 aliphatic heterocycles. The number of thiophene rings is 1. The number of carbonyl (C=O) groups is 3. The molecule has 3 amide bonds. The Balaban J connectivity index is 1.36. The van der Waals surface area contributed by atoms with Gasteiger partial charge >= 0.3 is 11.8 Å². The number of aryl methyl sites for hydroxylation is 1. The minimum atomic E-state index is -0.775. The molecule has 154 valence electrons. The smallest absolute Gasteiger partial charge is 0.313 e. The summed E-state index contributed by atoms with van der Waals surface area (Å²) >= 11 is 1.56. The van der Waals surface area contributed by atoms with E-state index in [0.29, 0.717) is 24.4 Å². The van der Waals surface area contributed by atoms with Crippen LogP contribution in [0.25, 0.3) is 10.6 Å². The summed E-state index contributed by atoms with van der Waals surface area (Å²) in [6.07, 6.45) is 1.34. The number of nitrogens with one attached hydrogen (secondary N) is 2. The fourth-order valence-corrected chi connectivity index (χ4v) is 4.03. The zero-order chi connectivity index (χ0) is 21.1. The molecule has 0 bridgehead atoms. The van der Waals surface area contributed by atoms with Crippen molar-refractivity contribution < 1.29 is 18.8 Å². The number of benzene rings is 1. The number of rotatable bonds is 5. The van der Waals surface area contributed by atoms with Crippen molar-refractivity contribution in [2.45, 2.75) is 26.3 Å². The molecule has 0 spiro atoms. The number of hydrogen-bond acceptors (Lipinski definition) is 5. The summed E-state index contributed by atoms with van der Waals surface area (Å²) in [5.74, 6) is -0.183. The molecule has 1 aromatic carbocycles. The average Bonchev–Trinajstić information content (AvgIpc) is 3.49. The predicted octanol–water partition coefficient (Wildman–Crippen LogP) is 3.70. The monoisotopic (exact) mass is 423 g/mol. The highest BCUT2D eigenvalue weighted by atomic mass is 32.1. The van der Waals surface area contributed by atoms with Crippen LogP contribution < -0.4 is 15.5 Å². The lowest BCUT2D eigenvalue weighted by Gasteiger charge is -2.19. The van der Waals surface area contributed by atoms with Crippen molar-refractivity contribution in [1.29, 1.82) is 0 Å². The molecular formula is C22H21N3O4S. The molecule has 0 aliphatic carbocycles. The number of hydrogen-bond donors (Lipinski definition) is 2. The second-order valence-corrected chi connectivity index (χ2v) is 7.98. The molecule has 0 unspecified atom stereocenters. The molecule has 0 saturated carbocycles. The normalized spacial score (nSPS) is 13.5. The van der Waals surface area contributed by atoms with E-state index in [1.54, 1.807) is 34.4 Å². The molecule has 30 heavy (non-hydrogen) atoms. The van der Waals surface area contributed by atoms with Gasteiger partial charge in [0.2, 0.25) is 5.91 Å². The number of furan rings is 1. The zero-order valence-electron chi connectivity index (χ0n) is 16.4. The van der Waals surface area contributed by atoms with Crippen LogP contribution in [0.3, 0.4) is 0 Å². The first-order valence-corrected chi connectivity index (χ1v) is 10.5. The Hall–Kier alpha value is -3.39. The van der Waals surface area contributed by atoms with Crippen molar-refractivity contribution >= 4 is 40.4 Å². The Bertz CT molecular complexity index is 1090. The first-order chi connectivity index (χ1) is 14.5. The lowest BCUT2D eigenvalue weighted by Crippen LogP contribution is -2.35. The summed E-state index contributed by atoms with van der Waals surface area (Å²) in [7, 11) is 0. The molecule has 0 radical (unpaired) electrons. The van der Waals surface area contributed by atoms with Crippen molar-refractivity contribution in [3.8, 4) is 10.6 Å². The molecule has 1 aliphatic rings. The maximum Gasteiger partial charge on any atom is 0.313 e. The summed E-state index contributed by atoms with van der Waals surface area (Å²) in [6.45, 7) is 2.68. The van der Waals surface area contributed by atoms with E-state index in [2.05, 4.69) is 10.6 Å². The number of amides is 3. The first-order valence-electron chi connectivity index (χ1n) is 9.64. The van der Waals surface area contributed by atoms with Gasteiger partial charge in [-0.05, 0) is 54.6 Å². The van der Waals surface area contributed by atoms with Gasteiger partial charge in [0.15, 0.2) is 0 Å². The topological polar surface area (TPSA) is 91.7 Å². The summed E-state index contributed by atoms with van der Waals surface area (Å²) in [5.41, 5.74) is 2.16. The molecule has 2 N–H and O–H groups in total. The second-order valence-electron chi connectivity index (χ2n) is 7.03. The van der Waals surface area contributed by atoms with Crippen molar-refractivity contribution in [2.75, 3.05) is 16.8 Å². The maximum atomic E-state index is 12.3. The maximum absolute atomic E-state index is 12.3.